The number of nitrogens with zero attached hydrogens (tertiary/aromatic N) is 2. The lowest BCUT2D eigenvalue weighted by Crippen LogP contribution is -2.60. The molecule has 0 aromatic heterocycles. The van der Waals surface area contributed by atoms with Gasteiger partial charge in [-0.15, -0.1) is 23.2 Å². The Bertz CT molecular complexity index is 2270. The maximum absolute atomic E-state index is 15.2. The third-order valence-electron chi connectivity index (χ3n) is 10.6. The Kier molecular flexibility index (Phi) is 8.81. The second-order valence-electron chi connectivity index (χ2n) is 13.4. The van der Waals surface area contributed by atoms with Crippen LogP contribution in [0.2, 0.25) is 0 Å². The van der Waals surface area contributed by atoms with Crippen LogP contribution in [-0.2, 0) is 31.5 Å². The first-order valence-electron chi connectivity index (χ1n) is 15.9. The van der Waals surface area contributed by atoms with E-state index in [-0.39, 0.29) is 34.4 Å². The van der Waals surface area contributed by atoms with Crippen LogP contribution in [0.3, 0.4) is 0 Å². The smallest absolute Gasteiger partial charge is 0.416 e. The van der Waals surface area contributed by atoms with Crippen molar-refractivity contribution in [3.8, 4) is 11.5 Å². The molecule has 0 radical (unpaired) electrons. The molecule has 2 saturated heterocycles. The second kappa shape index (κ2) is 12.5. The van der Waals surface area contributed by atoms with E-state index in [9.17, 15) is 63.8 Å². The maximum Gasteiger partial charge on any atom is 0.416 e. The zero-order chi connectivity index (χ0) is 41.4. The molecule has 0 bridgehead atoms. The molecule has 1 N–H and O–H groups in total. The lowest BCUT2D eigenvalue weighted by Gasteiger charge is -2.50. The fourth-order valence-corrected chi connectivity index (χ4v) is 9.10. The minimum Gasteiger partial charge on any atom is -0.504 e. The Morgan fingerprint density at radius 1 is 0.768 bits per heavy atom. The molecular formula is C35H19Cl2F11N2O6. The van der Waals surface area contributed by atoms with Gasteiger partial charge in [0.2, 0.25) is 17.6 Å². The number of aromatic hydroxyl groups is 1. The number of carbonyl (C=O) groups excluding carboxylic acids is 4. The molecule has 2 aliphatic carbocycles. The number of hydrogen-bond acceptors (Lipinski definition) is 6. The predicted molar refractivity (Wildman–Crippen MR) is 170 cm³/mol. The van der Waals surface area contributed by atoms with Crippen LogP contribution < -0.4 is 14.5 Å². The summed E-state index contributed by atoms with van der Waals surface area (Å²) in [5.74, 6) is -27.4. The number of amides is 4. The second-order valence-corrected chi connectivity index (χ2v) is 14.6. The highest BCUT2D eigenvalue weighted by atomic mass is 35.5. The number of halogens is 13. The lowest BCUT2D eigenvalue weighted by molar-refractivity contribution is -0.143. The number of imide groups is 2. The maximum atomic E-state index is 15.2. The first kappa shape index (κ1) is 39.3. The number of phenolic OH excluding ortho intramolecular Hbond substituents is 1. The number of rotatable bonds is 4. The summed E-state index contributed by atoms with van der Waals surface area (Å²) in [5.41, 5.74) is -7.48. The van der Waals surface area contributed by atoms with Crippen molar-refractivity contribution in [1.82, 2.24) is 0 Å². The number of ether oxygens (including phenoxy) is 1. The summed E-state index contributed by atoms with van der Waals surface area (Å²) in [6.07, 6.45) is -11.1. The van der Waals surface area contributed by atoms with E-state index in [1.54, 1.807) is 0 Å². The van der Waals surface area contributed by atoms with Gasteiger partial charge in [0.1, 0.15) is 5.69 Å². The fraction of sp³-hybridized carbons (Fsp3) is 0.314. The van der Waals surface area contributed by atoms with Crippen molar-refractivity contribution in [2.45, 2.75) is 40.9 Å². The number of benzene rings is 3. The van der Waals surface area contributed by atoms with E-state index in [1.165, 1.54) is 18.2 Å². The Morgan fingerprint density at radius 3 is 1.86 bits per heavy atom. The molecule has 3 aromatic rings. The van der Waals surface area contributed by atoms with Gasteiger partial charge in [-0.1, -0.05) is 23.8 Å². The van der Waals surface area contributed by atoms with Gasteiger partial charge in [-0.2, -0.15) is 26.3 Å². The first-order valence-corrected chi connectivity index (χ1v) is 16.7. The standard InChI is InChI=1S/C35H19Cl2F11N2O6/c1-56-18-4-2-3-16(27(18)51)20-14-5-6-15-19(29(53)49(28(15)52)13-8-11(34(43,44)45)7-12(9-13)35(46,47)48)17(14)10-32(36)30(54)50(31(55)33(20,32)37)26-24(41)22(39)21(38)23(40)25(26)42/h2-5,7-9,15,17,19-20,51H,6,10H2,1H3/t15-,17+,19-,20+,32+,33-/m0/s1. The molecule has 4 amide bonds. The summed E-state index contributed by atoms with van der Waals surface area (Å²) in [6, 6.07) is 3.62. The predicted octanol–water partition coefficient (Wildman–Crippen LogP) is 7.90. The highest BCUT2D eigenvalue weighted by Gasteiger charge is 2.77. The van der Waals surface area contributed by atoms with E-state index < -0.39 is 150 Å². The van der Waals surface area contributed by atoms with Gasteiger partial charge in [-0.05, 0) is 43.0 Å². The van der Waals surface area contributed by atoms with Crippen molar-refractivity contribution < 1.29 is 77.3 Å². The molecule has 3 fully saturated rings. The number of alkyl halides is 8. The molecule has 1 saturated carbocycles. The average molecular weight is 843 g/mol. The lowest BCUT2D eigenvalue weighted by atomic mass is 9.56. The van der Waals surface area contributed by atoms with Crippen LogP contribution in [0, 0.1) is 46.8 Å². The van der Waals surface area contributed by atoms with Crippen molar-refractivity contribution in [3.05, 3.63) is 93.8 Å². The summed E-state index contributed by atoms with van der Waals surface area (Å²) >= 11 is 14.0. The number of allylic oxidation sites excluding steroid dienone is 2. The number of carbonyl (C=O) groups is 4. The van der Waals surface area contributed by atoms with Gasteiger partial charge in [-0.3, -0.25) is 19.2 Å². The van der Waals surface area contributed by atoms with Gasteiger partial charge < -0.3 is 9.84 Å². The average Bonchev–Trinajstić information content (AvgIpc) is 3.47. The van der Waals surface area contributed by atoms with E-state index in [4.69, 9.17) is 27.9 Å². The third-order valence-corrected chi connectivity index (χ3v) is 12.0. The number of methoxy groups -OCH3 is 1. The van der Waals surface area contributed by atoms with Crippen LogP contribution in [0.25, 0.3) is 0 Å². The van der Waals surface area contributed by atoms with Crippen LogP contribution in [0.4, 0.5) is 59.7 Å². The number of hydrogen-bond donors (Lipinski definition) is 1. The molecule has 0 spiro atoms. The quantitative estimate of drug-likeness (QED) is 0.0716. The Morgan fingerprint density at radius 2 is 1.32 bits per heavy atom. The van der Waals surface area contributed by atoms with Gasteiger partial charge in [0.25, 0.3) is 11.8 Å². The summed E-state index contributed by atoms with van der Waals surface area (Å²) in [5, 5.41) is 11.3. The largest absolute Gasteiger partial charge is 0.504 e. The zero-order valence-electron chi connectivity index (χ0n) is 27.6. The molecule has 7 rings (SSSR count). The van der Waals surface area contributed by atoms with Crippen LogP contribution >= 0.6 is 23.2 Å². The Hall–Kier alpha value is -4.91. The van der Waals surface area contributed by atoms with Gasteiger partial charge in [0.15, 0.2) is 44.5 Å². The van der Waals surface area contributed by atoms with Crippen LogP contribution in [0.5, 0.6) is 11.5 Å². The van der Waals surface area contributed by atoms with E-state index in [0.29, 0.717) is 0 Å². The van der Waals surface area contributed by atoms with Gasteiger partial charge in [0, 0.05) is 11.5 Å². The molecule has 21 heteroatoms. The van der Waals surface area contributed by atoms with Gasteiger partial charge in [-0.25, -0.2) is 31.8 Å². The number of para-hydroxylation sites is 1. The van der Waals surface area contributed by atoms with E-state index >= 15 is 8.78 Å². The fourth-order valence-electron chi connectivity index (χ4n) is 8.17. The van der Waals surface area contributed by atoms with Crippen molar-refractivity contribution in [1.29, 1.82) is 0 Å². The highest BCUT2D eigenvalue weighted by molar-refractivity contribution is 6.58. The molecule has 2 heterocycles. The molecule has 296 valence electrons. The zero-order valence-corrected chi connectivity index (χ0v) is 29.1. The number of fused-ring (bicyclic) bond motifs is 4. The van der Waals surface area contributed by atoms with Gasteiger partial charge >= 0.3 is 12.4 Å². The first-order chi connectivity index (χ1) is 25.9. The Labute approximate surface area is 316 Å². The topological polar surface area (TPSA) is 104 Å². The van der Waals surface area contributed by atoms with E-state index in [1.807, 2.05) is 0 Å². The molecular weight excluding hydrogens is 824 g/mol. The molecule has 8 nitrogen and oxygen atoms in total. The number of anilines is 2. The van der Waals surface area contributed by atoms with Crippen LogP contribution in [0.1, 0.15) is 35.4 Å². The number of phenols is 1. The van der Waals surface area contributed by atoms with Crippen molar-refractivity contribution in [3.63, 3.8) is 0 Å². The summed E-state index contributed by atoms with van der Waals surface area (Å²) in [7, 11) is 1.10. The third kappa shape index (κ3) is 5.18. The highest BCUT2D eigenvalue weighted by Crippen LogP contribution is 2.67. The van der Waals surface area contributed by atoms with Crippen molar-refractivity contribution in [2.24, 2.45) is 17.8 Å². The minimum absolute atomic E-state index is 0.0980. The molecule has 0 unspecified atom stereocenters. The van der Waals surface area contributed by atoms with E-state index in [0.717, 1.165) is 13.2 Å². The molecule has 3 aromatic carbocycles. The Balaban J connectivity index is 1.43. The molecule has 56 heavy (non-hydrogen) atoms. The minimum atomic E-state index is -5.39. The van der Waals surface area contributed by atoms with Crippen LogP contribution in [-0.4, -0.2) is 45.6 Å². The summed E-state index contributed by atoms with van der Waals surface area (Å²) in [4.78, 5) is 50.2. The molecule has 4 aliphatic rings. The summed E-state index contributed by atoms with van der Waals surface area (Å²) in [6.45, 7) is 0. The van der Waals surface area contributed by atoms with Crippen LogP contribution in [0.15, 0.2) is 48.0 Å². The monoisotopic (exact) mass is 842 g/mol. The molecule has 6 atom stereocenters. The summed E-state index contributed by atoms with van der Waals surface area (Å²) < 4.78 is 161. The SMILES string of the molecule is COc1cccc([C@H]2C3=CC[C@@H]4C(=O)N(c5cc(C(F)(F)F)cc(C(F)(F)F)c5)C(=O)[C@@H]4[C@@H]3C[C@@]3(Cl)C(=O)N(c4c(F)c(F)c(F)c(F)c4F)C(=O)[C@@]23Cl)c1O. The normalized spacial score (nSPS) is 27.7. The van der Waals surface area contributed by atoms with Crippen molar-refractivity contribution >= 4 is 58.2 Å². The molecule has 2 aliphatic heterocycles. The van der Waals surface area contributed by atoms with E-state index in [2.05, 4.69) is 0 Å². The van der Waals surface area contributed by atoms with Gasteiger partial charge in [0.05, 0.1) is 35.8 Å². The van der Waals surface area contributed by atoms with Crippen molar-refractivity contribution in [2.75, 3.05) is 16.9 Å².